The molecule has 1 spiro atoms. The highest BCUT2D eigenvalue weighted by molar-refractivity contribution is 4.99. The first-order valence-electron chi connectivity index (χ1n) is 7.27. The lowest BCUT2D eigenvalue weighted by Crippen LogP contribution is -2.62. The van der Waals surface area contributed by atoms with E-state index >= 15 is 0 Å². The Hall–Kier alpha value is -0.200. The third-order valence-corrected chi connectivity index (χ3v) is 4.52. The van der Waals surface area contributed by atoms with Crippen molar-refractivity contribution < 1.29 is 24.1 Å². The van der Waals surface area contributed by atoms with E-state index in [4.69, 9.17) is 18.9 Å². The van der Waals surface area contributed by atoms with Crippen LogP contribution in [0.3, 0.4) is 0 Å². The van der Waals surface area contributed by atoms with Crippen LogP contribution in [0.1, 0.15) is 40.0 Å². The van der Waals surface area contributed by atoms with Gasteiger partial charge in [-0.05, 0) is 26.2 Å². The third kappa shape index (κ3) is 2.32. The predicted octanol–water partition coefficient (Wildman–Crippen LogP) is 1.43. The molecule has 5 atom stereocenters. The van der Waals surface area contributed by atoms with Crippen molar-refractivity contribution in [2.75, 3.05) is 13.2 Å². The van der Waals surface area contributed by atoms with Crippen LogP contribution in [0.15, 0.2) is 0 Å². The van der Waals surface area contributed by atoms with Crippen molar-refractivity contribution in [3.05, 3.63) is 0 Å². The maximum atomic E-state index is 10.6. The molecule has 0 radical (unpaired) electrons. The molecule has 3 aliphatic rings. The van der Waals surface area contributed by atoms with Gasteiger partial charge in [0.15, 0.2) is 11.6 Å². The highest BCUT2D eigenvalue weighted by atomic mass is 16.8. The molecule has 0 aromatic heterocycles. The topological polar surface area (TPSA) is 57.2 Å². The summed E-state index contributed by atoms with van der Waals surface area (Å²) >= 11 is 0. The van der Waals surface area contributed by atoms with Crippen LogP contribution in [0.4, 0.5) is 0 Å². The van der Waals surface area contributed by atoms with E-state index < -0.39 is 17.7 Å². The Morgan fingerprint density at radius 2 is 1.89 bits per heavy atom. The second-order valence-corrected chi connectivity index (χ2v) is 6.33. The number of rotatable bonds is 1. The van der Waals surface area contributed by atoms with Crippen molar-refractivity contribution in [3.8, 4) is 0 Å². The SMILES string of the molecule is CC[C@H]1CC[C@@]2(OC1)OC[C@H]1OC(C)(C)O[C@H]1[C@@H]2O. The summed E-state index contributed by atoms with van der Waals surface area (Å²) in [5, 5.41) is 10.6. The van der Waals surface area contributed by atoms with Crippen molar-refractivity contribution in [2.24, 2.45) is 5.92 Å². The van der Waals surface area contributed by atoms with Crippen molar-refractivity contribution in [2.45, 2.75) is 69.9 Å². The van der Waals surface area contributed by atoms with E-state index in [2.05, 4.69) is 6.92 Å². The molecule has 0 unspecified atom stereocenters. The summed E-state index contributed by atoms with van der Waals surface area (Å²) in [6, 6.07) is 0. The number of hydrogen-bond donors (Lipinski definition) is 1. The zero-order valence-corrected chi connectivity index (χ0v) is 11.9. The average molecular weight is 272 g/mol. The molecule has 0 amide bonds. The predicted molar refractivity (Wildman–Crippen MR) is 67.5 cm³/mol. The maximum absolute atomic E-state index is 10.6. The number of aliphatic hydroxyl groups excluding tert-OH is 1. The lowest BCUT2D eigenvalue weighted by Gasteiger charge is -2.47. The number of hydrogen-bond acceptors (Lipinski definition) is 5. The third-order valence-electron chi connectivity index (χ3n) is 4.52. The van der Waals surface area contributed by atoms with E-state index in [-0.39, 0.29) is 12.2 Å². The molecule has 0 aliphatic carbocycles. The molecule has 0 saturated carbocycles. The molecule has 3 rings (SSSR count). The van der Waals surface area contributed by atoms with Crippen LogP contribution >= 0.6 is 0 Å². The molecule has 3 fully saturated rings. The largest absolute Gasteiger partial charge is 0.385 e. The monoisotopic (exact) mass is 272 g/mol. The van der Waals surface area contributed by atoms with Gasteiger partial charge in [-0.1, -0.05) is 13.3 Å². The molecule has 5 heteroatoms. The summed E-state index contributed by atoms with van der Waals surface area (Å²) < 4.78 is 23.3. The molecule has 0 bridgehead atoms. The molecule has 1 N–H and O–H groups in total. The Balaban J connectivity index is 1.72. The first kappa shape index (κ1) is 13.8. The highest BCUT2D eigenvalue weighted by Crippen LogP contribution is 2.43. The molecule has 3 saturated heterocycles. The highest BCUT2D eigenvalue weighted by Gasteiger charge is 2.58. The Labute approximate surface area is 114 Å². The Bertz CT molecular complexity index is 335. The van der Waals surface area contributed by atoms with Crippen LogP contribution in [-0.2, 0) is 18.9 Å². The fraction of sp³-hybridized carbons (Fsp3) is 1.00. The summed E-state index contributed by atoms with van der Waals surface area (Å²) in [4.78, 5) is 0. The molecule has 3 heterocycles. The van der Waals surface area contributed by atoms with E-state index in [1.54, 1.807) is 0 Å². The van der Waals surface area contributed by atoms with E-state index in [1.807, 2.05) is 13.8 Å². The van der Waals surface area contributed by atoms with Crippen molar-refractivity contribution in [3.63, 3.8) is 0 Å². The standard InChI is InChI=1S/C14H24O5/c1-4-9-5-6-14(16-7-9)12(15)11-10(8-17-14)18-13(2,3)19-11/h9-12,15H,4-8H2,1-3H3/t9-,10+,11+,12-,14+/m0/s1. The van der Waals surface area contributed by atoms with Gasteiger partial charge in [0.1, 0.15) is 18.3 Å². The van der Waals surface area contributed by atoms with Gasteiger partial charge in [-0.15, -0.1) is 0 Å². The lowest BCUT2D eigenvalue weighted by atomic mass is 9.87. The van der Waals surface area contributed by atoms with Gasteiger partial charge in [0, 0.05) is 6.42 Å². The number of aliphatic hydroxyl groups is 1. The summed E-state index contributed by atoms with van der Waals surface area (Å²) in [6.07, 6.45) is 1.50. The second-order valence-electron chi connectivity index (χ2n) is 6.33. The molecule has 5 nitrogen and oxygen atoms in total. The van der Waals surface area contributed by atoms with E-state index in [0.29, 0.717) is 19.1 Å². The fourth-order valence-corrected chi connectivity index (χ4v) is 3.31. The second kappa shape index (κ2) is 4.67. The first-order valence-corrected chi connectivity index (χ1v) is 7.27. The van der Waals surface area contributed by atoms with Gasteiger partial charge in [-0.3, -0.25) is 0 Å². The van der Waals surface area contributed by atoms with Crippen LogP contribution in [0.2, 0.25) is 0 Å². The smallest absolute Gasteiger partial charge is 0.197 e. The van der Waals surface area contributed by atoms with Crippen molar-refractivity contribution in [1.82, 2.24) is 0 Å². The minimum Gasteiger partial charge on any atom is -0.385 e. The zero-order chi connectivity index (χ0) is 13.7. The molecule has 0 aromatic rings. The van der Waals surface area contributed by atoms with Gasteiger partial charge in [0.2, 0.25) is 0 Å². The van der Waals surface area contributed by atoms with Crippen LogP contribution < -0.4 is 0 Å². The molecule has 110 valence electrons. The molecular weight excluding hydrogens is 248 g/mol. The minimum absolute atomic E-state index is 0.205. The van der Waals surface area contributed by atoms with Crippen molar-refractivity contribution >= 4 is 0 Å². The van der Waals surface area contributed by atoms with Gasteiger partial charge >= 0.3 is 0 Å². The van der Waals surface area contributed by atoms with E-state index in [0.717, 1.165) is 19.3 Å². The minimum atomic E-state index is -0.892. The summed E-state index contributed by atoms with van der Waals surface area (Å²) in [6.45, 7) is 6.95. The quantitative estimate of drug-likeness (QED) is 0.782. The Kier molecular flexibility index (Phi) is 3.38. The van der Waals surface area contributed by atoms with Crippen LogP contribution in [0.25, 0.3) is 0 Å². The normalized spacial score (nSPS) is 49.3. The van der Waals surface area contributed by atoms with E-state index in [1.165, 1.54) is 0 Å². The van der Waals surface area contributed by atoms with Gasteiger partial charge in [-0.25, -0.2) is 0 Å². The van der Waals surface area contributed by atoms with Gasteiger partial charge < -0.3 is 24.1 Å². The lowest BCUT2D eigenvalue weighted by molar-refractivity contribution is -0.344. The number of fused-ring (bicyclic) bond motifs is 1. The summed E-state index contributed by atoms with van der Waals surface area (Å²) in [5.41, 5.74) is 0. The maximum Gasteiger partial charge on any atom is 0.197 e. The summed E-state index contributed by atoms with van der Waals surface area (Å²) in [7, 11) is 0. The van der Waals surface area contributed by atoms with Crippen LogP contribution in [-0.4, -0.2) is 48.2 Å². The first-order chi connectivity index (χ1) is 8.96. The van der Waals surface area contributed by atoms with Crippen LogP contribution in [0.5, 0.6) is 0 Å². The summed E-state index contributed by atoms with van der Waals surface area (Å²) in [5.74, 6) is -0.987. The number of ether oxygens (including phenoxy) is 4. The zero-order valence-electron chi connectivity index (χ0n) is 11.9. The fourth-order valence-electron chi connectivity index (χ4n) is 3.31. The van der Waals surface area contributed by atoms with Gasteiger partial charge in [-0.2, -0.15) is 0 Å². The van der Waals surface area contributed by atoms with Gasteiger partial charge in [0.25, 0.3) is 0 Å². The molecule has 3 aliphatic heterocycles. The molecular formula is C14H24O5. The molecule has 0 aromatic carbocycles. The molecule has 19 heavy (non-hydrogen) atoms. The Morgan fingerprint density at radius 1 is 1.16 bits per heavy atom. The average Bonchev–Trinajstić information content (AvgIpc) is 2.71. The van der Waals surface area contributed by atoms with Crippen molar-refractivity contribution in [1.29, 1.82) is 0 Å². The Morgan fingerprint density at radius 3 is 2.53 bits per heavy atom. The van der Waals surface area contributed by atoms with Gasteiger partial charge in [0.05, 0.1) is 13.2 Å². The van der Waals surface area contributed by atoms with Crippen LogP contribution in [0, 0.1) is 5.92 Å². The van der Waals surface area contributed by atoms with E-state index in [9.17, 15) is 5.11 Å².